The maximum Gasteiger partial charge on any atom is 0.434 e. The van der Waals surface area contributed by atoms with Gasteiger partial charge < -0.3 is 4.52 Å². The van der Waals surface area contributed by atoms with E-state index >= 15 is 0 Å². The van der Waals surface area contributed by atoms with Gasteiger partial charge in [0.15, 0.2) is 11.5 Å². The van der Waals surface area contributed by atoms with E-state index < -0.39 is 29.1 Å². The van der Waals surface area contributed by atoms with Gasteiger partial charge in [-0.15, -0.1) is 0 Å². The summed E-state index contributed by atoms with van der Waals surface area (Å²) in [6.45, 7) is 0. The van der Waals surface area contributed by atoms with Gasteiger partial charge in [0.2, 0.25) is 0 Å². The highest BCUT2D eigenvalue weighted by molar-refractivity contribution is 9.10. The molecule has 30 heavy (non-hydrogen) atoms. The fourth-order valence-corrected chi connectivity index (χ4v) is 3.73. The van der Waals surface area contributed by atoms with E-state index in [4.69, 9.17) is 16.1 Å². The molecule has 0 amide bonds. The molecule has 154 valence electrons. The van der Waals surface area contributed by atoms with Crippen LogP contribution in [-0.4, -0.2) is 14.9 Å². The molecule has 0 aliphatic carbocycles. The largest absolute Gasteiger partial charge is 0.434 e. The number of hydrogen-bond acceptors (Lipinski definition) is 3. The second-order valence-corrected chi connectivity index (χ2v) is 7.27. The molecular weight excluding hydrogens is 497 g/mol. The maximum atomic E-state index is 14.2. The lowest BCUT2D eigenvalue weighted by atomic mass is 10.1. The monoisotopic (exact) mass is 503 g/mol. The number of hydrogen-bond donors (Lipinski definition) is 0. The van der Waals surface area contributed by atoms with Crippen molar-refractivity contribution in [3.63, 3.8) is 0 Å². The molecule has 2 heterocycles. The van der Waals surface area contributed by atoms with Gasteiger partial charge in [-0.05, 0) is 46.3 Å². The van der Waals surface area contributed by atoms with E-state index in [1.807, 2.05) is 0 Å². The Hall–Kier alpha value is -2.72. The van der Waals surface area contributed by atoms with Gasteiger partial charge >= 0.3 is 6.18 Å². The molecule has 4 nitrogen and oxygen atoms in total. The smallest absolute Gasteiger partial charge is 0.354 e. The average Bonchev–Trinajstić information content (AvgIpc) is 3.26. The van der Waals surface area contributed by atoms with E-state index in [1.165, 1.54) is 24.3 Å². The lowest BCUT2D eigenvalue weighted by molar-refractivity contribution is -0.142. The van der Waals surface area contributed by atoms with Crippen LogP contribution in [0.3, 0.4) is 0 Å². The Labute approximate surface area is 179 Å². The van der Waals surface area contributed by atoms with Crippen LogP contribution in [0.25, 0.3) is 28.3 Å². The third kappa shape index (κ3) is 3.50. The lowest BCUT2D eigenvalue weighted by Crippen LogP contribution is -2.14. The zero-order chi connectivity index (χ0) is 21.6. The molecule has 0 bridgehead atoms. The van der Waals surface area contributed by atoms with Crippen LogP contribution in [-0.2, 0) is 6.18 Å². The molecule has 0 spiro atoms. The normalized spacial score (nSPS) is 11.8. The second kappa shape index (κ2) is 7.51. The summed E-state index contributed by atoms with van der Waals surface area (Å²) < 4.78 is 75.1. The van der Waals surface area contributed by atoms with E-state index in [0.717, 1.165) is 24.4 Å². The molecule has 4 rings (SSSR count). The van der Waals surface area contributed by atoms with Gasteiger partial charge in [0, 0.05) is 0 Å². The summed E-state index contributed by atoms with van der Waals surface area (Å²) in [7, 11) is 0. The Balaban J connectivity index is 1.92. The number of halogens is 7. The van der Waals surface area contributed by atoms with Crippen LogP contribution in [0.5, 0.6) is 0 Å². The van der Waals surface area contributed by atoms with Crippen molar-refractivity contribution in [2.75, 3.05) is 0 Å². The molecule has 0 saturated carbocycles. The fourth-order valence-electron chi connectivity index (χ4n) is 2.92. The molecule has 0 radical (unpaired) electrons. The van der Waals surface area contributed by atoms with Crippen molar-refractivity contribution in [1.29, 1.82) is 0 Å². The Bertz CT molecular complexity index is 1230. The van der Waals surface area contributed by atoms with Crippen LogP contribution < -0.4 is 0 Å². The predicted octanol–water partition coefficient (Wildman–Crippen LogP) is 6.91. The van der Waals surface area contributed by atoms with Gasteiger partial charge in [0.1, 0.15) is 17.3 Å². The predicted molar refractivity (Wildman–Crippen MR) is 102 cm³/mol. The molecule has 0 atom stereocenters. The van der Waals surface area contributed by atoms with Crippen LogP contribution in [0.2, 0.25) is 5.02 Å². The fraction of sp³-hybridized carbons (Fsp3) is 0.0526. The van der Waals surface area contributed by atoms with Crippen molar-refractivity contribution in [2.24, 2.45) is 0 Å². The van der Waals surface area contributed by atoms with Crippen molar-refractivity contribution in [2.45, 2.75) is 6.18 Å². The van der Waals surface area contributed by atoms with Gasteiger partial charge in [-0.25, -0.2) is 13.5 Å². The molecule has 0 aliphatic heterocycles. The summed E-state index contributed by atoms with van der Waals surface area (Å²) in [4.78, 5) is 0. The van der Waals surface area contributed by atoms with E-state index in [2.05, 4.69) is 26.2 Å². The van der Waals surface area contributed by atoms with Crippen molar-refractivity contribution >= 4 is 27.5 Å². The third-order valence-corrected chi connectivity index (χ3v) is 5.22. The summed E-state index contributed by atoms with van der Waals surface area (Å²) >= 11 is 9.14. The summed E-state index contributed by atoms with van der Waals surface area (Å²) in [5, 5.41) is 7.44. The SMILES string of the molecule is Fc1cccc(-n2ncc(-c3onc(-c4c(F)cccc4Cl)c3Br)c2C(F)(F)F)c1. The van der Waals surface area contributed by atoms with Crippen LogP contribution in [0.1, 0.15) is 5.69 Å². The summed E-state index contributed by atoms with van der Waals surface area (Å²) in [5.41, 5.74) is -2.06. The maximum absolute atomic E-state index is 14.2. The number of alkyl halides is 3. The molecule has 11 heteroatoms. The topological polar surface area (TPSA) is 43.9 Å². The first-order chi connectivity index (χ1) is 14.2. The van der Waals surface area contributed by atoms with E-state index in [9.17, 15) is 22.0 Å². The Morgan fingerprint density at radius 2 is 1.80 bits per heavy atom. The standard InChI is InChI=1S/C19H8BrClF5N3O/c20-15-16(14-12(21)5-2-6-13(14)23)28-30-17(15)11-8-27-29(18(11)19(24,25)26)10-4-1-3-9(22)7-10/h1-8H. The molecule has 2 aromatic carbocycles. The number of rotatable bonds is 3. The van der Waals surface area contributed by atoms with Crippen molar-refractivity contribution < 1.29 is 26.5 Å². The number of nitrogens with zero attached hydrogens (tertiary/aromatic N) is 3. The minimum absolute atomic E-state index is 0.00190. The summed E-state index contributed by atoms with van der Waals surface area (Å²) in [6.07, 6.45) is -3.97. The average molecular weight is 505 g/mol. The molecule has 4 aromatic rings. The summed E-state index contributed by atoms with van der Waals surface area (Å²) in [6, 6.07) is 8.45. The quantitative estimate of drug-likeness (QED) is 0.285. The molecule has 0 aliphatic rings. The minimum atomic E-state index is -4.87. The second-order valence-electron chi connectivity index (χ2n) is 6.07. The Kier molecular flexibility index (Phi) is 5.15. The van der Waals surface area contributed by atoms with Crippen molar-refractivity contribution in [1.82, 2.24) is 14.9 Å². The van der Waals surface area contributed by atoms with Gasteiger partial charge in [-0.1, -0.05) is 28.9 Å². The molecule has 2 aromatic heterocycles. The Morgan fingerprint density at radius 3 is 2.47 bits per heavy atom. The van der Waals surface area contributed by atoms with E-state index in [1.54, 1.807) is 0 Å². The van der Waals surface area contributed by atoms with Crippen LogP contribution >= 0.6 is 27.5 Å². The van der Waals surface area contributed by atoms with Gasteiger partial charge in [-0.2, -0.15) is 18.3 Å². The van der Waals surface area contributed by atoms with Crippen LogP contribution in [0.15, 0.2) is 57.7 Å². The molecule has 0 unspecified atom stereocenters. The van der Waals surface area contributed by atoms with Crippen LogP contribution in [0.4, 0.5) is 22.0 Å². The lowest BCUT2D eigenvalue weighted by Gasteiger charge is -2.12. The van der Waals surface area contributed by atoms with E-state index in [0.29, 0.717) is 4.68 Å². The van der Waals surface area contributed by atoms with Gasteiger partial charge in [-0.3, -0.25) is 0 Å². The zero-order valence-corrected chi connectivity index (χ0v) is 16.9. The first-order valence-electron chi connectivity index (χ1n) is 8.19. The first-order valence-corrected chi connectivity index (χ1v) is 9.36. The van der Waals surface area contributed by atoms with Crippen molar-refractivity contribution in [3.05, 3.63) is 75.5 Å². The highest BCUT2D eigenvalue weighted by Gasteiger charge is 2.41. The highest BCUT2D eigenvalue weighted by atomic mass is 79.9. The number of aromatic nitrogens is 3. The third-order valence-electron chi connectivity index (χ3n) is 4.17. The first kappa shape index (κ1) is 20.5. The molecule has 0 N–H and O–H groups in total. The van der Waals surface area contributed by atoms with Crippen LogP contribution in [0, 0.1) is 11.6 Å². The molecular formula is C19H8BrClF5N3O. The van der Waals surface area contributed by atoms with Gasteiger partial charge in [0.05, 0.1) is 32.5 Å². The molecule has 0 saturated heterocycles. The zero-order valence-electron chi connectivity index (χ0n) is 14.5. The molecule has 0 fully saturated rings. The Morgan fingerprint density at radius 1 is 1.07 bits per heavy atom. The van der Waals surface area contributed by atoms with Gasteiger partial charge in [0.25, 0.3) is 0 Å². The minimum Gasteiger partial charge on any atom is -0.354 e. The number of benzene rings is 2. The van der Waals surface area contributed by atoms with E-state index in [-0.39, 0.29) is 32.2 Å². The highest BCUT2D eigenvalue weighted by Crippen LogP contribution is 2.44. The van der Waals surface area contributed by atoms with Crippen molar-refractivity contribution in [3.8, 4) is 28.3 Å². The summed E-state index contributed by atoms with van der Waals surface area (Å²) in [5.74, 6) is -1.79.